The first-order chi connectivity index (χ1) is 5.22. The van der Waals surface area contributed by atoms with Crippen molar-refractivity contribution < 1.29 is 14.3 Å². The molecule has 0 amide bonds. The number of carbonyl (C=O) groups excluding carboxylic acids is 2. The van der Waals surface area contributed by atoms with Crippen LogP contribution in [0.5, 0.6) is 0 Å². The van der Waals surface area contributed by atoms with Crippen LogP contribution in [-0.2, 0) is 14.3 Å². The fourth-order valence-electron chi connectivity index (χ4n) is 1.07. The van der Waals surface area contributed by atoms with Crippen LogP contribution in [0, 0.1) is 5.92 Å². The van der Waals surface area contributed by atoms with E-state index in [1.807, 2.05) is 0 Å². The highest BCUT2D eigenvalue weighted by Crippen LogP contribution is 2.17. The summed E-state index contributed by atoms with van der Waals surface area (Å²) in [6.45, 7) is 0.414. The molecule has 4 heteroatoms. The number of halogens is 1. The lowest BCUT2D eigenvalue weighted by atomic mass is 10.0. The van der Waals surface area contributed by atoms with Crippen LogP contribution in [0.1, 0.15) is 12.8 Å². The molecule has 0 aromatic heterocycles. The summed E-state index contributed by atoms with van der Waals surface area (Å²) in [6.07, 6.45) is 0.857. The van der Waals surface area contributed by atoms with E-state index in [1.54, 1.807) is 0 Å². The first-order valence-corrected chi connectivity index (χ1v) is 4.58. The second-order valence-electron chi connectivity index (χ2n) is 2.63. The van der Waals surface area contributed by atoms with Crippen LogP contribution in [0.2, 0.25) is 0 Å². The molecule has 1 rings (SSSR count). The highest BCUT2D eigenvalue weighted by Gasteiger charge is 2.25. The van der Waals surface area contributed by atoms with Gasteiger partial charge in [0.25, 0.3) is 0 Å². The SMILES string of the molecule is O=C(CBr)CC1COC(=O)C1. The van der Waals surface area contributed by atoms with Crippen molar-refractivity contribution in [2.24, 2.45) is 5.92 Å². The van der Waals surface area contributed by atoms with Crippen LogP contribution >= 0.6 is 15.9 Å². The molecular weight excluding hydrogens is 212 g/mol. The largest absolute Gasteiger partial charge is 0.465 e. The number of Topliss-reactive ketones (excluding diaryl/α,β-unsaturated/α-hetero) is 1. The molecule has 1 heterocycles. The molecule has 1 saturated heterocycles. The van der Waals surface area contributed by atoms with Gasteiger partial charge >= 0.3 is 5.97 Å². The van der Waals surface area contributed by atoms with Crippen LogP contribution < -0.4 is 0 Å². The number of hydrogen-bond acceptors (Lipinski definition) is 3. The topological polar surface area (TPSA) is 43.4 Å². The third kappa shape index (κ3) is 2.61. The number of hydrogen-bond donors (Lipinski definition) is 0. The zero-order valence-corrected chi connectivity index (χ0v) is 7.59. The first kappa shape index (κ1) is 8.71. The van der Waals surface area contributed by atoms with Gasteiger partial charge in [-0.3, -0.25) is 9.59 Å². The van der Waals surface area contributed by atoms with Crippen molar-refractivity contribution in [3.05, 3.63) is 0 Å². The zero-order chi connectivity index (χ0) is 8.27. The summed E-state index contributed by atoms with van der Waals surface area (Å²) in [7, 11) is 0. The van der Waals surface area contributed by atoms with E-state index >= 15 is 0 Å². The Labute approximate surface area is 73.2 Å². The normalized spacial score (nSPS) is 23.4. The standard InChI is InChI=1S/C7H9BrO3/c8-3-6(9)1-5-2-7(10)11-4-5/h5H,1-4H2. The van der Waals surface area contributed by atoms with Crippen molar-refractivity contribution in [3.8, 4) is 0 Å². The molecule has 1 fully saturated rings. The Hall–Kier alpha value is -0.380. The van der Waals surface area contributed by atoms with E-state index in [4.69, 9.17) is 4.74 Å². The number of rotatable bonds is 3. The average Bonchev–Trinajstić information content (AvgIpc) is 2.35. The molecule has 3 nitrogen and oxygen atoms in total. The second kappa shape index (κ2) is 3.85. The molecule has 0 N–H and O–H groups in total. The maximum Gasteiger partial charge on any atom is 0.306 e. The van der Waals surface area contributed by atoms with E-state index in [9.17, 15) is 9.59 Å². The van der Waals surface area contributed by atoms with Crippen LogP contribution in [-0.4, -0.2) is 23.7 Å². The number of ether oxygens (including phenoxy) is 1. The fraction of sp³-hybridized carbons (Fsp3) is 0.714. The van der Waals surface area contributed by atoms with Gasteiger partial charge in [-0.15, -0.1) is 0 Å². The van der Waals surface area contributed by atoms with Crippen molar-refractivity contribution in [1.29, 1.82) is 0 Å². The van der Waals surface area contributed by atoms with Gasteiger partial charge in [-0.05, 0) is 0 Å². The van der Waals surface area contributed by atoms with Gasteiger partial charge in [0.15, 0.2) is 0 Å². The lowest BCUT2D eigenvalue weighted by Gasteiger charge is -2.00. The van der Waals surface area contributed by atoms with Gasteiger partial charge in [-0.25, -0.2) is 0 Å². The van der Waals surface area contributed by atoms with Crippen molar-refractivity contribution in [2.45, 2.75) is 12.8 Å². The summed E-state index contributed by atoms with van der Waals surface area (Å²) in [4.78, 5) is 21.4. The van der Waals surface area contributed by atoms with Crippen LogP contribution in [0.25, 0.3) is 0 Å². The van der Waals surface area contributed by atoms with Gasteiger partial charge in [0.05, 0.1) is 18.4 Å². The molecular formula is C7H9BrO3. The Morgan fingerprint density at radius 2 is 2.45 bits per heavy atom. The van der Waals surface area contributed by atoms with Crippen molar-refractivity contribution in [2.75, 3.05) is 11.9 Å². The van der Waals surface area contributed by atoms with Gasteiger partial charge in [0.2, 0.25) is 0 Å². The van der Waals surface area contributed by atoms with Crippen molar-refractivity contribution in [3.63, 3.8) is 0 Å². The van der Waals surface area contributed by atoms with Crippen molar-refractivity contribution in [1.82, 2.24) is 0 Å². The van der Waals surface area contributed by atoms with E-state index < -0.39 is 0 Å². The van der Waals surface area contributed by atoms with Crippen LogP contribution in [0.4, 0.5) is 0 Å². The molecule has 1 unspecified atom stereocenters. The minimum atomic E-state index is -0.183. The van der Waals surface area contributed by atoms with Gasteiger partial charge in [0.1, 0.15) is 5.78 Å². The van der Waals surface area contributed by atoms with Gasteiger partial charge in [0, 0.05) is 12.3 Å². The highest BCUT2D eigenvalue weighted by atomic mass is 79.9. The summed E-state index contributed by atoms with van der Waals surface area (Å²) in [5.41, 5.74) is 0. The predicted molar refractivity (Wildman–Crippen MR) is 42.5 cm³/mol. The summed E-state index contributed by atoms with van der Waals surface area (Å²) < 4.78 is 4.70. The molecule has 1 aliphatic heterocycles. The van der Waals surface area contributed by atoms with E-state index in [0.29, 0.717) is 24.8 Å². The molecule has 0 saturated carbocycles. The number of cyclic esters (lactones) is 1. The fourth-order valence-corrected chi connectivity index (χ4v) is 1.30. The smallest absolute Gasteiger partial charge is 0.306 e. The molecule has 0 bridgehead atoms. The molecule has 11 heavy (non-hydrogen) atoms. The monoisotopic (exact) mass is 220 g/mol. The number of alkyl halides is 1. The highest BCUT2D eigenvalue weighted by molar-refractivity contribution is 9.09. The molecule has 0 spiro atoms. The third-order valence-electron chi connectivity index (χ3n) is 1.60. The lowest BCUT2D eigenvalue weighted by molar-refractivity contribution is -0.138. The minimum absolute atomic E-state index is 0.118. The first-order valence-electron chi connectivity index (χ1n) is 3.45. The quantitative estimate of drug-likeness (QED) is 0.525. The molecule has 0 aliphatic carbocycles. The summed E-state index contributed by atoms with van der Waals surface area (Å²) in [5, 5.41) is 0.373. The summed E-state index contributed by atoms with van der Waals surface area (Å²) >= 11 is 3.06. The van der Waals surface area contributed by atoms with Gasteiger partial charge < -0.3 is 4.74 Å². The van der Waals surface area contributed by atoms with E-state index in [2.05, 4.69) is 15.9 Å². The average molecular weight is 221 g/mol. The van der Waals surface area contributed by atoms with Crippen LogP contribution in [0.3, 0.4) is 0 Å². The minimum Gasteiger partial charge on any atom is -0.465 e. The second-order valence-corrected chi connectivity index (χ2v) is 3.19. The Morgan fingerprint density at radius 3 is 2.91 bits per heavy atom. The summed E-state index contributed by atoms with van der Waals surface area (Å²) in [6, 6.07) is 0. The van der Waals surface area contributed by atoms with Gasteiger partial charge in [-0.1, -0.05) is 15.9 Å². The summed E-state index contributed by atoms with van der Waals surface area (Å²) in [5.74, 6) is 0.0678. The van der Waals surface area contributed by atoms with E-state index in [-0.39, 0.29) is 17.7 Å². The maximum atomic E-state index is 10.9. The number of ketones is 1. The molecule has 0 aromatic rings. The van der Waals surface area contributed by atoms with Crippen LogP contribution in [0.15, 0.2) is 0 Å². The zero-order valence-electron chi connectivity index (χ0n) is 6.01. The van der Waals surface area contributed by atoms with E-state index in [1.165, 1.54) is 0 Å². The maximum absolute atomic E-state index is 10.9. The third-order valence-corrected chi connectivity index (χ3v) is 2.23. The number of carbonyl (C=O) groups is 2. The Morgan fingerprint density at radius 1 is 1.73 bits per heavy atom. The molecule has 0 aromatic carbocycles. The molecule has 62 valence electrons. The number of esters is 1. The lowest BCUT2D eigenvalue weighted by Crippen LogP contribution is -2.08. The Balaban J connectivity index is 2.28. The van der Waals surface area contributed by atoms with Gasteiger partial charge in [-0.2, -0.15) is 0 Å². The molecule has 1 aliphatic rings. The van der Waals surface area contributed by atoms with E-state index in [0.717, 1.165) is 0 Å². The predicted octanol–water partition coefficient (Wildman–Crippen LogP) is 0.904. The molecule has 1 atom stereocenters. The van der Waals surface area contributed by atoms with Crippen molar-refractivity contribution >= 4 is 27.7 Å². The Kier molecular flexibility index (Phi) is 3.05. The Bertz CT molecular complexity index is 179. The molecule has 0 radical (unpaired) electrons.